The van der Waals surface area contributed by atoms with Gasteiger partial charge in [-0.3, -0.25) is 9.78 Å². The first-order valence-electron chi connectivity index (χ1n) is 7.52. The van der Waals surface area contributed by atoms with E-state index in [2.05, 4.69) is 15.2 Å². The molecule has 1 amide bonds. The molecule has 1 N–H and O–H groups in total. The number of aromatic nitrogens is 1. The SMILES string of the molecule is COc1cccc(C(CNC(=O)c2ccc(C)nc2)N(C)C)c1. The van der Waals surface area contributed by atoms with Gasteiger partial charge in [0.15, 0.2) is 0 Å². The first-order chi connectivity index (χ1) is 11.0. The van der Waals surface area contributed by atoms with Crippen LogP contribution in [0.2, 0.25) is 0 Å². The van der Waals surface area contributed by atoms with Crippen LogP contribution >= 0.6 is 0 Å². The van der Waals surface area contributed by atoms with Crippen molar-refractivity contribution < 1.29 is 9.53 Å². The Morgan fingerprint density at radius 2 is 2.09 bits per heavy atom. The Morgan fingerprint density at radius 1 is 1.30 bits per heavy atom. The lowest BCUT2D eigenvalue weighted by Gasteiger charge is -2.25. The molecule has 1 aromatic carbocycles. The number of nitrogens with one attached hydrogen (secondary N) is 1. The van der Waals surface area contributed by atoms with Crippen LogP contribution in [0.25, 0.3) is 0 Å². The molecular weight excluding hydrogens is 290 g/mol. The van der Waals surface area contributed by atoms with Gasteiger partial charge in [-0.1, -0.05) is 12.1 Å². The molecule has 0 aliphatic heterocycles. The maximum Gasteiger partial charge on any atom is 0.252 e. The summed E-state index contributed by atoms with van der Waals surface area (Å²) in [4.78, 5) is 18.5. The normalized spacial score (nSPS) is 12.0. The minimum atomic E-state index is -0.118. The van der Waals surface area contributed by atoms with Crippen LogP contribution in [-0.4, -0.2) is 43.5 Å². The summed E-state index contributed by atoms with van der Waals surface area (Å²) in [6, 6.07) is 11.6. The first-order valence-corrected chi connectivity index (χ1v) is 7.52. The maximum absolute atomic E-state index is 12.2. The van der Waals surface area contributed by atoms with Gasteiger partial charge in [0.05, 0.1) is 18.7 Å². The number of pyridine rings is 1. The van der Waals surface area contributed by atoms with E-state index in [0.717, 1.165) is 17.0 Å². The van der Waals surface area contributed by atoms with Gasteiger partial charge in [0.25, 0.3) is 5.91 Å². The van der Waals surface area contributed by atoms with E-state index < -0.39 is 0 Å². The summed E-state index contributed by atoms with van der Waals surface area (Å²) in [5, 5.41) is 2.97. The number of carbonyl (C=O) groups excluding carboxylic acids is 1. The number of nitrogens with zero attached hydrogens (tertiary/aromatic N) is 2. The Kier molecular flexibility index (Phi) is 5.71. The lowest BCUT2D eigenvalue weighted by atomic mass is 10.1. The van der Waals surface area contributed by atoms with Crippen molar-refractivity contribution in [2.45, 2.75) is 13.0 Å². The smallest absolute Gasteiger partial charge is 0.252 e. The van der Waals surface area contributed by atoms with Crippen LogP contribution in [0, 0.1) is 6.92 Å². The Morgan fingerprint density at radius 3 is 2.70 bits per heavy atom. The number of hydrogen-bond acceptors (Lipinski definition) is 4. The molecule has 2 rings (SSSR count). The molecule has 5 heteroatoms. The van der Waals surface area contributed by atoms with Crippen molar-refractivity contribution in [2.24, 2.45) is 0 Å². The monoisotopic (exact) mass is 313 g/mol. The molecule has 1 heterocycles. The quantitative estimate of drug-likeness (QED) is 0.890. The van der Waals surface area contributed by atoms with Crippen LogP contribution in [-0.2, 0) is 0 Å². The average molecular weight is 313 g/mol. The number of ether oxygens (including phenoxy) is 1. The molecule has 0 radical (unpaired) electrons. The van der Waals surface area contributed by atoms with E-state index >= 15 is 0 Å². The van der Waals surface area contributed by atoms with Crippen LogP contribution in [0.15, 0.2) is 42.6 Å². The number of amides is 1. The number of hydrogen-bond donors (Lipinski definition) is 1. The molecule has 1 unspecified atom stereocenters. The minimum absolute atomic E-state index is 0.0625. The lowest BCUT2D eigenvalue weighted by molar-refractivity contribution is 0.0941. The van der Waals surface area contributed by atoms with Gasteiger partial charge in [0.2, 0.25) is 0 Å². The van der Waals surface area contributed by atoms with Crippen molar-refractivity contribution in [3.8, 4) is 5.75 Å². The zero-order valence-corrected chi connectivity index (χ0v) is 14.0. The molecule has 2 aromatic rings. The van der Waals surface area contributed by atoms with Crippen molar-refractivity contribution in [3.63, 3.8) is 0 Å². The van der Waals surface area contributed by atoms with Gasteiger partial charge in [0, 0.05) is 18.4 Å². The first kappa shape index (κ1) is 17.0. The summed E-state index contributed by atoms with van der Waals surface area (Å²) in [7, 11) is 5.63. The number of carbonyl (C=O) groups is 1. The molecular formula is C18H23N3O2. The molecule has 0 fully saturated rings. The second-order valence-electron chi connectivity index (χ2n) is 5.65. The van der Waals surface area contributed by atoms with E-state index in [9.17, 15) is 4.79 Å². The summed E-state index contributed by atoms with van der Waals surface area (Å²) in [6.45, 7) is 2.40. The predicted octanol–water partition coefficient (Wildman–Crippen LogP) is 2.43. The van der Waals surface area contributed by atoms with Crippen LogP contribution in [0.3, 0.4) is 0 Å². The number of aryl methyl sites for hydroxylation is 1. The molecule has 0 saturated carbocycles. The van der Waals surface area contributed by atoms with Gasteiger partial charge in [-0.05, 0) is 50.8 Å². The van der Waals surface area contributed by atoms with Crippen molar-refractivity contribution in [3.05, 3.63) is 59.4 Å². The third-order valence-electron chi connectivity index (χ3n) is 3.73. The van der Waals surface area contributed by atoms with E-state index in [4.69, 9.17) is 4.74 Å². The molecule has 1 atom stereocenters. The number of rotatable bonds is 6. The van der Waals surface area contributed by atoms with Crippen molar-refractivity contribution >= 4 is 5.91 Å². The second-order valence-corrected chi connectivity index (χ2v) is 5.65. The Balaban J connectivity index is 2.07. The molecule has 122 valence electrons. The highest BCUT2D eigenvalue weighted by Gasteiger charge is 2.16. The van der Waals surface area contributed by atoms with Crippen molar-refractivity contribution in [1.29, 1.82) is 0 Å². The second kappa shape index (κ2) is 7.74. The van der Waals surface area contributed by atoms with E-state index in [1.165, 1.54) is 0 Å². The molecule has 0 saturated heterocycles. The summed E-state index contributed by atoms with van der Waals surface area (Å²) in [5.41, 5.74) is 2.56. The Hall–Kier alpha value is -2.40. The maximum atomic E-state index is 12.2. The number of methoxy groups -OCH3 is 1. The molecule has 0 spiro atoms. The molecule has 0 bridgehead atoms. The van der Waals surface area contributed by atoms with Crippen molar-refractivity contribution in [2.75, 3.05) is 27.7 Å². The van der Waals surface area contributed by atoms with Crippen LogP contribution in [0.5, 0.6) is 5.75 Å². The van der Waals surface area contributed by atoms with E-state index in [0.29, 0.717) is 12.1 Å². The summed E-state index contributed by atoms with van der Waals surface area (Å²) in [5.74, 6) is 0.690. The summed E-state index contributed by atoms with van der Waals surface area (Å²) < 4.78 is 5.28. The average Bonchev–Trinajstić information content (AvgIpc) is 2.55. The lowest BCUT2D eigenvalue weighted by Crippen LogP contribution is -2.34. The predicted molar refractivity (Wildman–Crippen MR) is 90.7 cm³/mol. The zero-order chi connectivity index (χ0) is 16.8. The Bertz CT molecular complexity index is 654. The van der Waals surface area contributed by atoms with E-state index in [1.54, 1.807) is 19.4 Å². The highest BCUT2D eigenvalue weighted by molar-refractivity contribution is 5.93. The molecule has 5 nitrogen and oxygen atoms in total. The van der Waals surface area contributed by atoms with Crippen LogP contribution in [0.4, 0.5) is 0 Å². The van der Waals surface area contributed by atoms with Gasteiger partial charge in [-0.2, -0.15) is 0 Å². The molecule has 0 aliphatic rings. The van der Waals surface area contributed by atoms with Crippen LogP contribution < -0.4 is 10.1 Å². The molecule has 1 aromatic heterocycles. The fourth-order valence-corrected chi connectivity index (χ4v) is 2.34. The fourth-order valence-electron chi connectivity index (χ4n) is 2.34. The largest absolute Gasteiger partial charge is 0.497 e. The summed E-state index contributed by atoms with van der Waals surface area (Å²) >= 11 is 0. The minimum Gasteiger partial charge on any atom is -0.497 e. The third kappa shape index (κ3) is 4.53. The van der Waals surface area contributed by atoms with Gasteiger partial charge >= 0.3 is 0 Å². The van der Waals surface area contributed by atoms with Crippen LogP contribution in [0.1, 0.15) is 27.7 Å². The molecule has 0 aliphatic carbocycles. The highest BCUT2D eigenvalue weighted by atomic mass is 16.5. The highest BCUT2D eigenvalue weighted by Crippen LogP contribution is 2.22. The zero-order valence-electron chi connectivity index (χ0n) is 14.0. The number of benzene rings is 1. The van der Waals surface area contributed by atoms with Gasteiger partial charge in [-0.15, -0.1) is 0 Å². The number of likely N-dealkylation sites (N-methyl/N-ethyl adjacent to an activating group) is 1. The Labute approximate surface area is 137 Å². The fraction of sp³-hybridized carbons (Fsp3) is 0.333. The molecule has 23 heavy (non-hydrogen) atoms. The van der Waals surface area contributed by atoms with Gasteiger partial charge < -0.3 is 15.0 Å². The van der Waals surface area contributed by atoms with Gasteiger partial charge in [0.1, 0.15) is 5.75 Å². The van der Waals surface area contributed by atoms with E-state index in [-0.39, 0.29) is 11.9 Å². The standard InChI is InChI=1S/C18H23N3O2/c1-13-8-9-15(11-19-13)18(22)20-12-17(21(2)3)14-6-5-7-16(10-14)23-4/h5-11,17H,12H2,1-4H3,(H,20,22). The van der Waals surface area contributed by atoms with E-state index in [1.807, 2.05) is 51.4 Å². The topological polar surface area (TPSA) is 54.5 Å². The third-order valence-corrected chi connectivity index (χ3v) is 3.73. The van der Waals surface area contributed by atoms with Gasteiger partial charge in [-0.25, -0.2) is 0 Å². The summed E-state index contributed by atoms with van der Waals surface area (Å²) in [6.07, 6.45) is 1.60. The van der Waals surface area contributed by atoms with Crippen molar-refractivity contribution in [1.82, 2.24) is 15.2 Å².